The smallest absolute Gasteiger partial charge is 0.210 e. The van der Waals surface area contributed by atoms with Gasteiger partial charge in [0.25, 0.3) is 0 Å². The third-order valence-corrected chi connectivity index (χ3v) is 5.44. The van der Waals surface area contributed by atoms with E-state index in [1.165, 1.54) is 31.2 Å². The Hall–Kier alpha value is -0.920. The van der Waals surface area contributed by atoms with Gasteiger partial charge in [-0.1, -0.05) is 24.6 Å². The molecule has 0 amide bonds. The number of hydrogen-bond acceptors (Lipinski definition) is 6. The van der Waals surface area contributed by atoms with Crippen LogP contribution in [0.15, 0.2) is 22.0 Å². The topological polar surface area (TPSA) is 69.6 Å². The number of aromatic nitrogens is 4. The van der Waals surface area contributed by atoms with E-state index in [0.717, 1.165) is 5.16 Å². The van der Waals surface area contributed by atoms with E-state index in [-0.39, 0.29) is 5.25 Å². The highest BCUT2D eigenvalue weighted by Crippen LogP contribution is 2.37. The van der Waals surface area contributed by atoms with E-state index in [0.29, 0.717) is 12.6 Å². The second-order valence-corrected chi connectivity index (χ2v) is 6.69. The fourth-order valence-electron chi connectivity index (χ4n) is 2.48. The summed E-state index contributed by atoms with van der Waals surface area (Å²) in [7, 11) is 0. The SMILES string of the molecule is NCC(Sc1nnnn1C1CCCC1)c1ccsc1. The van der Waals surface area contributed by atoms with Crippen LogP contribution in [0.5, 0.6) is 0 Å². The van der Waals surface area contributed by atoms with Crippen molar-refractivity contribution in [2.75, 3.05) is 6.54 Å². The Morgan fingerprint density at radius 2 is 2.32 bits per heavy atom. The Morgan fingerprint density at radius 3 is 3.00 bits per heavy atom. The summed E-state index contributed by atoms with van der Waals surface area (Å²) in [5, 5.41) is 17.5. The molecule has 7 heteroatoms. The molecule has 2 aromatic heterocycles. The zero-order valence-corrected chi connectivity index (χ0v) is 12.2. The molecule has 1 fully saturated rings. The van der Waals surface area contributed by atoms with E-state index in [2.05, 4.69) is 32.4 Å². The highest BCUT2D eigenvalue weighted by molar-refractivity contribution is 7.99. The summed E-state index contributed by atoms with van der Waals surface area (Å²) >= 11 is 3.37. The molecule has 1 unspecified atom stereocenters. The first-order valence-corrected chi connectivity index (χ1v) is 8.37. The number of tetrazole rings is 1. The Morgan fingerprint density at radius 1 is 1.47 bits per heavy atom. The van der Waals surface area contributed by atoms with Crippen LogP contribution in [0.2, 0.25) is 0 Å². The molecule has 0 saturated heterocycles. The summed E-state index contributed by atoms with van der Waals surface area (Å²) < 4.78 is 1.99. The summed E-state index contributed by atoms with van der Waals surface area (Å²) in [6.45, 7) is 0.596. The molecule has 1 aliphatic carbocycles. The number of nitrogens with zero attached hydrogens (tertiary/aromatic N) is 4. The van der Waals surface area contributed by atoms with E-state index in [1.807, 2.05) is 4.68 Å². The standard InChI is InChI=1S/C12H17N5S2/c13-7-11(9-5-6-18-8-9)19-12-14-15-16-17(12)10-3-1-2-4-10/h5-6,8,10-11H,1-4,7,13H2. The molecule has 19 heavy (non-hydrogen) atoms. The Labute approximate surface area is 120 Å². The van der Waals surface area contributed by atoms with Crippen LogP contribution in [0.25, 0.3) is 0 Å². The zero-order chi connectivity index (χ0) is 13.1. The zero-order valence-electron chi connectivity index (χ0n) is 10.6. The first-order chi connectivity index (χ1) is 9.38. The third-order valence-electron chi connectivity index (χ3n) is 3.51. The molecule has 0 aromatic carbocycles. The Kier molecular flexibility index (Phi) is 4.15. The third kappa shape index (κ3) is 2.82. The summed E-state index contributed by atoms with van der Waals surface area (Å²) in [5.74, 6) is 0. The van der Waals surface area contributed by atoms with Crippen LogP contribution in [-0.4, -0.2) is 26.8 Å². The molecule has 0 radical (unpaired) electrons. The van der Waals surface area contributed by atoms with Crippen molar-refractivity contribution in [2.24, 2.45) is 5.73 Å². The average Bonchev–Trinajstić information content (AvgIpc) is 3.15. The molecule has 3 rings (SSSR count). The number of thioether (sulfide) groups is 1. The highest BCUT2D eigenvalue weighted by Gasteiger charge is 2.23. The predicted molar refractivity (Wildman–Crippen MR) is 77.3 cm³/mol. The molecule has 2 heterocycles. The van der Waals surface area contributed by atoms with Gasteiger partial charge in [0.2, 0.25) is 5.16 Å². The quantitative estimate of drug-likeness (QED) is 0.859. The summed E-state index contributed by atoms with van der Waals surface area (Å²) in [6.07, 6.45) is 4.92. The van der Waals surface area contributed by atoms with E-state index in [4.69, 9.17) is 5.73 Å². The lowest BCUT2D eigenvalue weighted by molar-refractivity contribution is 0.422. The first-order valence-electron chi connectivity index (χ1n) is 6.55. The van der Waals surface area contributed by atoms with Crippen molar-refractivity contribution in [2.45, 2.75) is 42.1 Å². The van der Waals surface area contributed by atoms with Crippen molar-refractivity contribution in [3.8, 4) is 0 Å². The highest BCUT2D eigenvalue weighted by atomic mass is 32.2. The van der Waals surface area contributed by atoms with Crippen LogP contribution >= 0.6 is 23.1 Å². The maximum atomic E-state index is 5.89. The van der Waals surface area contributed by atoms with Crippen molar-refractivity contribution in [1.82, 2.24) is 20.2 Å². The molecule has 1 aliphatic rings. The van der Waals surface area contributed by atoms with Crippen LogP contribution in [-0.2, 0) is 0 Å². The Bertz CT molecular complexity index is 504. The molecule has 1 saturated carbocycles. The van der Waals surface area contributed by atoms with Crippen LogP contribution < -0.4 is 5.73 Å². The predicted octanol–water partition coefficient (Wildman–Crippen LogP) is 2.64. The monoisotopic (exact) mass is 295 g/mol. The van der Waals surface area contributed by atoms with Gasteiger partial charge in [-0.2, -0.15) is 11.3 Å². The number of rotatable bonds is 5. The molecule has 0 aliphatic heterocycles. The maximum absolute atomic E-state index is 5.89. The molecule has 2 N–H and O–H groups in total. The normalized spacial score (nSPS) is 17.9. The molecular formula is C12H17N5S2. The van der Waals surface area contributed by atoms with E-state index >= 15 is 0 Å². The van der Waals surface area contributed by atoms with Crippen LogP contribution in [0.4, 0.5) is 0 Å². The van der Waals surface area contributed by atoms with Crippen LogP contribution in [0.3, 0.4) is 0 Å². The molecular weight excluding hydrogens is 278 g/mol. The van der Waals surface area contributed by atoms with Gasteiger partial charge in [-0.3, -0.25) is 0 Å². The minimum absolute atomic E-state index is 0.234. The average molecular weight is 295 g/mol. The van der Waals surface area contributed by atoms with Crippen molar-refractivity contribution < 1.29 is 0 Å². The van der Waals surface area contributed by atoms with Gasteiger partial charge in [-0.15, -0.1) is 5.10 Å². The molecule has 2 aromatic rings. The van der Waals surface area contributed by atoms with E-state index < -0.39 is 0 Å². The van der Waals surface area contributed by atoms with Crippen molar-refractivity contribution in [3.63, 3.8) is 0 Å². The second kappa shape index (κ2) is 6.02. The van der Waals surface area contributed by atoms with E-state index in [9.17, 15) is 0 Å². The van der Waals surface area contributed by atoms with Gasteiger partial charge in [0.05, 0.1) is 11.3 Å². The number of thiophene rings is 1. The van der Waals surface area contributed by atoms with Crippen LogP contribution in [0, 0.1) is 0 Å². The summed E-state index contributed by atoms with van der Waals surface area (Å²) in [6, 6.07) is 2.59. The van der Waals surface area contributed by atoms with Gasteiger partial charge in [0, 0.05) is 6.54 Å². The first kappa shape index (κ1) is 13.1. The lowest BCUT2D eigenvalue weighted by atomic mass is 10.2. The van der Waals surface area contributed by atoms with Crippen molar-refractivity contribution >= 4 is 23.1 Å². The lowest BCUT2D eigenvalue weighted by Crippen LogP contribution is -2.12. The molecule has 102 valence electrons. The van der Waals surface area contributed by atoms with E-state index in [1.54, 1.807) is 23.1 Å². The lowest BCUT2D eigenvalue weighted by Gasteiger charge is -2.15. The van der Waals surface area contributed by atoms with Crippen LogP contribution in [0.1, 0.15) is 42.5 Å². The van der Waals surface area contributed by atoms with Gasteiger partial charge < -0.3 is 5.73 Å². The fourth-order valence-corrected chi connectivity index (χ4v) is 4.29. The summed E-state index contributed by atoms with van der Waals surface area (Å²) in [5.41, 5.74) is 7.15. The van der Waals surface area contributed by atoms with Gasteiger partial charge in [0.1, 0.15) is 0 Å². The maximum Gasteiger partial charge on any atom is 0.210 e. The van der Waals surface area contributed by atoms with Crippen molar-refractivity contribution in [3.05, 3.63) is 22.4 Å². The largest absolute Gasteiger partial charge is 0.329 e. The summed E-state index contributed by atoms with van der Waals surface area (Å²) in [4.78, 5) is 0. The number of hydrogen-bond donors (Lipinski definition) is 1. The fraction of sp³-hybridized carbons (Fsp3) is 0.583. The van der Waals surface area contributed by atoms with Gasteiger partial charge in [-0.25, -0.2) is 4.68 Å². The molecule has 1 atom stereocenters. The van der Waals surface area contributed by atoms with Gasteiger partial charge in [-0.05, 0) is 45.7 Å². The molecule has 0 bridgehead atoms. The Balaban J connectivity index is 1.77. The van der Waals surface area contributed by atoms with Gasteiger partial charge >= 0.3 is 0 Å². The number of nitrogens with two attached hydrogens (primary N) is 1. The second-order valence-electron chi connectivity index (χ2n) is 4.74. The molecule has 5 nitrogen and oxygen atoms in total. The van der Waals surface area contributed by atoms with Gasteiger partial charge in [0.15, 0.2) is 0 Å². The minimum Gasteiger partial charge on any atom is -0.329 e. The van der Waals surface area contributed by atoms with Crippen molar-refractivity contribution in [1.29, 1.82) is 0 Å². The minimum atomic E-state index is 0.234. The molecule has 0 spiro atoms.